The highest BCUT2D eigenvalue weighted by Gasteiger charge is 2.09. The zero-order chi connectivity index (χ0) is 8.32. The first kappa shape index (κ1) is 8.25. The molecule has 1 nitrogen and oxygen atoms in total. The van der Waals surface area contributed by atoms with Crippen molar-refractivity contribution in [2.45, 2.75) is 20.8 Å². The molecule has 0 unspecified atom stereocenters. The summed E-state index contributed by atoms with van der Waals surface area (Å²) < 4.78 is 0. The Morgan fingerprint density at radius 1 is 1.45 bits per heavy atom. The van der Waals surface area contributed by atoms with Gasteiger partial charge in [-0.2, -0.15) is 0 Å². The molecule has 11 heavy (non-hydrogen) atoms. The topological polar surface area (TPSA) is 12.4 Å². The molecular formula is C10H15N. The molecule has 0 atom stereocenters. The lowest BCUT2D eigenvalue weighted by Crippen LogP contribution is -2.10. The van der Waals surface area contributed by atoms with Gasteiger partial charge in [-0.15, -0.1) is 0 Å². The van der Waals surface area contributed by atoms with Gasteiger partial charge in [0.15, 0.2) is 0 Å². The largest absolute Gasteiger partial charge is 0.292 e. The lowest BCUT2D eigenvalue weighted by molar-refractivity contribution is 0.689. The van der Waals surface area contributed by atoms with Crippen LogP contribution in [0.2, 0.25) is 0 Å². The maximum Gasteiger partial charge on any atom is 0.0596 e. The normalized spacial score (nSPS) is 32.8. The van der Waals surface area contributed by atoms with Crippen molar-refractivity contribution in [2.24, 2.45) is 10.4 Å². The Kier molecular flexibility index (Phi) is 2.28. The summed E-state index contributed by atoms with van der Waals surface area (Å²) in [5.74, 6) is 0. The van der Waals surface area contributed by atoms with E-state index in [2.05, 4.69) is 44.0 Å². The molecule has 0 N–H and O–H groups in total. The standard InChI is InChI=1S/C10H15N/c1-9-5-4-6-10(2,3)8-11-7-9/h4-6,8H,7H2,1-3H3/b6-4-,9-5-,11-8-. The number of allylic oxidation sites excluding steroid dienone is 3. The third-order valence-electron chi connectivity index (χ3n) is 1.67. The molecule has 0 amide bonds. The third kappa shape index (κ3) is 2.71. The van der Waals surface area contributed by atoms with Crippen LogP contribution in [0.3, 0.4) is 0 Å². The molecule has 1 rings (SSSR count). The summed E-state index contributed by atoms with van der Waals surface area (Å²) in [5, 5.41) is 0. The van der Waals surface area contributed by atoms with Crippen molar-refractivity contribution in [2.75, 3.05) is 6.54 Å². The fourth-order valence-electron chi connectivity index (χ4n) is 0.981. The van der Waals surface area contributed by atoms with Crippen molar-refractivity contribution in [1.82, 2.24) is 0 Å². The fourth-order valence-corrected chi connectivity index (χ4v) is 0.981. The van der Waals surface area contributed by atoms with Gasteiger partial charge in [0, 0.05) is 11.6 Å². The van der Waals surface area contributed by atoms with E-state index in [0.717, 1.165) is 6.54 Å². The van der Waals surface area contributed by atoms with Gasteiger partial charge < -0.3 is 0 Å². The van der Waals surface area contributed by atoms with Crippen LogP contribution in [0.25, 0.3) is 0 Å². The smallest absolute Gasteiger partial charge is 0.0596 e. The fraction of sp³-hybridized carbons (Fsp3) is 0.500. The molecule has 0 aromatic heterocycles. The summed E-state index contributed by atoms with van der Waals surface area (Å²) in [7, 11) is 0. The zero-order valence-electron chi connectivity index (χ0n) is 7.46. The molecule has 0 fully saturated rings. The van der Waals surface area contributed by atoms with Crippen molar-refractivity contribution in [3.63, 3.8) is 0 Å². The van der Waals surface area contributed by atoms with E-state index in [1.165, 1.54) is 5.57 Å². The Morgan fingerprint density at radius 2 is 2.18 bits per heavy atom. The number of rotatable bonds is 0. The van der Waals surface area contributed by atoms with Crippen LogP contribution in [0.1, 0.15) is 20.8 Å². The maximum atomic E-state index is 4.32. The molecule has 0 saturated heterocycles. The molecule has 0 bridgehead atoms. The van der Waals surface area contributed by atoms with Crippen LogP contribution in [-0.4, -0.2) is 12.8 Å². The van der Waals surface area contributed by atoms with Gasteiger partial charge >= 0.3 is 0 Å². The highest BCUT2D eigenvalue weighted by molar-refractivity contribution is 5.68. The Balaban J connectivity index is 2.84. The van der Waals surface area contributed by atoms with Gasteiger partial charge in [-0.25, -0.2) is 0 Å². The second-order valence-corrected chi connectivity index (χ2v) is 3.66. The summed E-state index contributed by atoms with van der Waals surface area (Å²) in [6.45, 7) is 7.25. The number of nitrogens with zero attached hydrogens (tertiary/aromatic N) is 1. The van der Waals surface area contributed by atoms with Crippen molar-refractivity contribution >= 4 is 6.21 Å². The van der Waals surface area contributed by atoms with Gasteiger partial charge in [0.2, 0.25) is 0 Å². The van der Waals surface area contributed by atoms with Gasteiger partial charge in [-0.3, -0.25) is 4.99 Å². The average Bonchev–Trinajstić information content (AvgIpc) is 1.83. The summed E-state index contributed by atoms with van der Waals surface area (Å²) in [4.78, 5) is 4.32. The van der Waals surface area contributed by atoms with E-state index in [1.54, 1.807) is 0 Å². The molecule has 0 aliphatic carbocycles. The zero-order valence-corrected chi connectivity index (χ0v) is 7.46. The minimum Gasteiger partial charge on any atom is -0.292 e. The lowest BCUT2D eigenvalue weighted by Gasteiger charge is -2.14. The van der Waals surface area contributed by atoms with Crippen molar-refractivity contribution in [3.05, 3.63) is 23.8 Å². The van der Waals surface area contributed by atoms with Crippen molar-refractivity contribution in [1.29, 1.82) is 0 Å². The second-order valence-electron chi connectivity index (χ2n) is 3.66. The first-order valence-electron chi connectivity index (χ1n) is 3.96. The van der Waals surface area contributed by atoms with E-state index < -0.39 is 0 Å². The first-order valence-corrected chi connectivity index (χ1v) is 3.96. The van der Waals surface area contributed by atoms with E-state index in [0.29, 0.717) is 0 Å². The van der Waals surface area contributed by atoms with Crippen LogP contribution in [0.4, 0.5) is 0 Å². The molecule has 0 aromatic carbocycles. The first-order chi connectivity index (χ1) is 5.10. The molecule has 0 aromatic rings. The minimum atomic E-state index is 0.122. The van der Waals surface area contributed by atoms with Gasteiger partial charge in [-0.05, 0) is 6.92 Å². The predicted octanol–water partition coefficient (Wildman–Crippen LogP) is 2.60. The molecule has 1 aliphatic heterocycles. The molecular weight excluding hydrogens is 134 g/mol. The van der Waals surface area contributed by atoms with Crippen LogP contribution >= 0.6 is 0 Å². The summed E-state index contributed by atoms with van der Waals surface area (Å²) in [6.07, 6.45) is 8.41. The summed E-state index contributed by atoms with van der Waals surface area (Å²) >= 11 is 0. The Bertz CT molecular complexity index is 219. The molecule has 0 radical (unpaired) electrons. The molecule has 60 valence electrons. The van der Waals surface area contributed by atoms with E-state index in [9.17, 15) is 0 Å². The van der Waals surface area contributed by atoms with Crippen molar-refractivity contribution < 1.29 is 0 Å². The Hall–Kier alpha value is -0.850. The van der Waals surface area contributed by atoms with Crippen LogP contribution < -0.4 is 0 Å². The number of hydrogen-bond donors (Lipinski definition) is 0. The number of aliphatic imine (C=N–C) groups is 1. The maximum absolute atomic E-state index is 4.32. The van der Waals surface area contributed by atoms with Gasteiger partial charge in [-0.1, -0.05) is 37.6 Å². The van der Waals surface area contributed by atoms with E-state index >= 15 is 0 Å². The van der Waals surface area contributed by atoms with Crippen LogP contribution in [0.15, 0.2) is 28.8 Å². The van der Waals surface area contributed by atoms with E-state index in [4.69, 9.17) is 0 Å². The van der Waals surface area contributed by atoms with E-state index in [1.807, 2.05) is 6.21 Å². The quantitative estimate of drug-likeness (QED) is 0.502. The SMILES string of the molecule is C/C1=C/C=C\C(C)(C)/C=N\C1. The van der Waals surface area contributed by atoms with Crippen molar-refractivity contribution in [3.8, 4) is 0 Å². The van der Waals surface area contributed by atoms with Crippen LogP contribution in [-0.2, 0) is 0 Å². The molecule has 1 aliphatic rings. The summed E-state index contributed by atoms with van der Waals surface area (Å²) in [5.41, 5.74) is 1.44. The highest BCUT2D eigenvalue weighted by atomic mass is 14.7. The average molecular weight is 149 g/mol. The van der Waals surface area contributed by atoms with Gasteiger partial charge in [0.1, 0.15) is 0 Å². The predicted molar refractivity (Wildman–Crippen MR) is 50.0 cm³/mol. The molecule has 0 spiro atoms. The van der Waals surface area contributed by atoms with E-state index in [-0.39, 0.29) is 5.41 Å². The van der Waals surface area contributed by atoms with Crippen LogP contribution in [0.5, 0.6) is 0 Å². The minimum absolute atomic E-state index is 0.122. The second kappa shape index (κ2) is 3.04. The molecule has 0 saturated carbocycles. The Morgan fingerprint density at radius 3 is 2.91 bits per heavy atom. The van der Waals surface area contributed by atoms with Gasteiger partial charge in [0.05, 0.1) is 6.54 Å². The molecule has 1 heteroatoms. The lowest BCUT2D eigenvalue weighted by atomic mass is 9.94. The molecule has 1 heterocycles. The van der Waals surface area contributed by atoms with Crippen LogP contribution in [0, 0.1) is 5.41 Å². The number of hydrogen-bond acceptors (Lipinski definition) is 1. The summed E-state index contributed by atoms with van der Waals surface area (Å²) in [6, 6.07) is 0. The van der Waals surface area contributed by atoms with Gasteiger partial charge in [0.25, 0.3) is 0 Å². The third-order valence-corrected chi connectivity index (χ3v) is 1.67. The highest BCUT2D eigenvalue weighted by Crippen LogP contribution is 2.15. The monoisotopic (exact) mass is 149 g/mol. The Labute approximate surface area is 68.5 Å².